The molecule has 0 spiro atoms. The van der Waals surface area contributed by atoms with Gasteiger partial charge in [-0.05, 0) is 42.5 Å². The van der Waals surface area contributed by atoms with Crippen LogP contribution >= 0.6 is 0 Å². The summed E-state index contributed by atoms with van der Waals surface area (Å²) >= 11 is 0. The predicted octanol–water partition coefficient (Wildman–Crippen LogP) is 2.59. The summed E-state index contributed by atoms with van der Waals surface area (Å²) in [6.45, 7) is 1.37. The van der Waals surface area contributed by atoms with Crippen LogP contribution in [0.3, 0.4) is 0 Å². The maximum absolute atomic E-state index is 12.4. The van der Waals surface area contributed by atoms with Crippen molar-refractivity contribution in [1.82, 2.24) is 0 Å². The van der Waals surface area contributed by atoms with Crippen LogP contribution in [-0.2, 0) is 4.79 Å². The monoisotopic (exact) mass is 285 g/mol. The zero-order valence-corrected chi connectivity index (χ0v) is 11.7. The number of hydrogen-bond acceptors (Lipinski definition) is 4. The molecule has 5 nitrogen and oxygen atoms in total. The minimum Gasteiger partial charge on any atom is -0.507 e. The van der Waals surface area contributed by atoms with E-state index < -0.39 is 0 Å². The van der Waals surface area contributed by atoms with Crippen molar-refractivity contribution in [2.75, 3.05) is 12.4 Å². The zero-order valence-electron chi connectivity index (χ0n) is 11.7. The molecule has 0 aliphatic rings. The molecule has 21 heavy (non-hydrogen) atoms. The summed E-state index contributed by atoms with van der Waals surface area (Å²) in [5.74, 6) is -0.0708. The van der Waals surface area contributed by atoms with Gasteiger partial charge in [0.05, 0.1) is 12.7 Å². The quantitative estimate of drug-likeness (QED) is 0.668. The van der Waals surface area contributed by atoms with Crippen LogP contribution in [0.5, 0.6) is 11.5 Å². The third kappa shape index (κ3) is 3.39. The van der Waals surface area contributed by atoms with E-state index in [-0.39, 0.29) is 23.0 Å². The molecule has 0 aromatic heterocycles. The number of rotatable bonds is 4. The van der Waals surface area contributed by atoms with E-state index in [9.17, 15) is 14.7 Å². The number of carbonyl (C=O) groups is 2. The molecule has 0 fully saturated rings. The van der Waals surface area contributed by atoms with Gasteiger partial charge in [0.1, 0.15) is 11.5 Å². The lowest BCUT2D eigenvalue weighted by atomic mass is 10.0. The van der Waals surface area contributed by atoms with Crippen molar-refractivity contribution in [2.45, 2.75) is 6.92 Å². The minimum atomic E-state index is -0.331. The minimum absolute atomic E-state index is 0.131. The van der Waals surface area contributed by atoms with E-state index >= 15 is 0 Å². The van der Waals surface area contributed by atoms with Gasteiger partial charge in [0.2, 0.25) is 5.91 Å². The van der Waals surface area contributed by atoms with E-state index in [4.69, 9.17) is 4.74 Å². The van der Waals surface area contributed by atoms with Gasteiger partial charge < -0.3 is 15.2 Å². The SMILES string of the molecule is COc1ccc(C(=O)c2cc(NC(C)=O)ccc2O)cc1. The average molecular weight is 285 g/mol. The van der Waals surface area contributed by atoms with E-state index in [1.54, 1.807) is 31.4 Å². The van der Waals surface area contributed by atoms with E-state index in [0.29, 0.717) is 17.0 Å². The van der Waals surface area contributed by atoms with Crippen molar-refractivity contribution in [2.24, 2.45) is 0 Å². The molecule has 2 rings (SSSR count). The molecule has 0 unspecified atom stereocenters. The molecule has 1 amide bonds. The summed E-state index contributed by atoms with van der Waals surface area (Å²) in [5.41, 5.74) is 1.01. The Balaban J connectivity index is 2.34. The number of carbonyl (C=O) groups excluding carboxylic acids is 2. The largest absolute Gasteiger partial charge is 0.507 e. The lowest BCUT2D eigenvalue weighted by Crippen LogP contribution is -2.08. The second kappa shape index (κ2) is 6.09. The molecule has 2 aromatic carbocycles. The molecule has 2 aromatic rings. The maximum Gasteiger partial charge on any atom is 0.221 e. The second-order valence-electron chi connectivity index (χ2n) is 4.47. The Hall–Kier alpha value is -2.82. The Bertz CT molecular complexity index is 677. The molecule has 0 saturated carbocycles. The normalized spacial score (nSPS) is 10.0. The maximum atomic E-state index is 12.4. The molecule has 0 atom stereocenters. The van der Waals surface area contributed by atoms with Crippen molar-refractivity contribution in [3.05, 3.63) is 53.6 Å². The number of phenolic OH excluding ortho intramolecular Hbond substituents is 1. The van der Waals surface area contributed by atoms with Crippen LogP contribution in [0.2, 0.25) is 0 Å². The highest BCUT2D eigenvalue weighted by Crippen LogP contribution is 2.25. The number of amides is 1. The number of methoxy groups -OCH3 is 1. The first-order valence-electron chi connectivity index (χ1n) is 6.30. The summed E-state index contributed by atoms with van der Waals surface area (Å²) in [5, 5.41) is 12.4. The van der Waals surface area contributed by atoms with Gasteiger partial charge in [-0.2, -0.15) is 0 Å². The number of nitrogens with one attached hydrogen (secondary N) is 1. The lowest BCUT2D eigenvalue weighted by Gasteiger charge is -2.08. The molecule has 0 aliphatic carbocycles. The summed E-state index contributed by atoms with van der Waals surface area (Å²) in [7, 11) is 1.54. The lowest BCUT2D eigenvalue weighted by molar-refractivity contribution is -0.114. The topological polar surface area (TPSA) is 75.6 Å². The van der Waals surface area contributed by atoms with Crippen LogP contribution in [0.1, 0.15) is 22.8 Å². The van der Waals surface area contributed by atoms with Gasteiger partial charge in [-0.1, -0.05) is 0 Å². The van der Waals surface area contributed by atoms with Crippen LogP contribution in [0.15, 0.2) is 42.5 Å². The Morgan fingerprint density at radius 1 is 1.10 bits per heavy atom. The Labute approximate surface area is 122 Å². The highest BCUT2D eigenvalue weighted by atomic mass is 16.5. The van der Waals surface area contributed by atoms with Gasteiger partial charge in [0, 0.05) is 18.2 Å². The van der Waals surface area contributed by atoms with E-state index in [0.717, 1.165) is 0 Å². The van der Waals surface area contributed by atoms with Gasteiger partial charge in [0.15, 0.2) is 5.78 Å². The Morgan fingerprint density at radius 2 is 1.76 bits per heavy atom. The number of aromatic hydroxyl groups is 1. The van der Waals surface area contributed by atoms with E-state index in [1.807, 2.05) is 0 Å². The average Bonchev–Trinajstić information content (AvgIpc) is 2.48. The fourth-order valence-electron chi connectivity index (χ4n) is 1.90. The first-order valence-corrected chi connectivity index (χ1v) is 6.30. The predicted molar refractivity (Wildman–Crippen MR) is 78.8 cm³/mol. The molecule has 0 aliphatic heterocycles. The third-order valence-corrected chi connectivity index (χ3v) is 2.91. The number of hydrogen-bond donors (Lipinski definition) is 2. The molecule has 2 N–H and O–H groups in total. The van der Waals surface area contributed by atoms with Crippen LogP contribution in [-0.4, -0.2) is 23.9 Å². The molecule has 0 bridgehead atoms. The summed E-state index contributed by atoms with van der Waals surface area (Å²) < 4.78 is 5.03. The first-order chi connectivity index (χ1) is 10.0. The van der Waals surface area contributed by atoms with Crippen molar-refractivity contribution >= 4 is 17.4 Å². The molecular formula is C16H15NO4. The first kappa shape index (κ1) is 14.6. The van der Waals surface area contributed by atoms with Crippen molar-refractivity contribution in [1.29, 1.82) is 0 Å². The van der Waals surface area contributed by atoms with E-state index in [2.05, 4.69) is 5.32 Å². The van der Waals surface area contributed by atoms with Crippen LogP contribution in [0.4, 0.5) is 5.69 Å². The van der Waals surface area contributed by atoms with Crippen LogP contribution in [0.25, 0.3) is 0 Å². The Kier molecular flexibility index (Phi) is 4.23. The van der Waals surface area contributed by atoms with Crippen molar-refractivity contribution < 1.29 is 19.4 Å². The highest BCUT2D eigenvalue weighted by molar-refractivity contribution is 6.11. The fourth-order valence-corrected chi connectivity index (χ4v) is 1.90. The molecule has 0 heterocycles. The smallest absolute Gasteiger partial charge is 0.221 e. The zero-order chi connectivity index (χ0) is 15.4. The van der Waals surface area contributed by atoms with Crippen LogP contribution in [0, 0.1) is 0 Å². The number of benzene rings is 2. The van der Waals surface area contributed by atoms with Gasteiger partial charge in [-0.25, -0.2) is 0 Å². The number of phenols is 1. The van der Waals surface area contributed by atoms with Gasteiger partial charge in [0.25, 0.3) is 0 Å². The molecule has 5 heteroatoms. The van der Waals surface area contributed by atoms with Crippen LogP contribution < -0.4 is 10.1 Å². The second-order valence-corrected chi connectivity index (χ2v) is 4.47. The fraction of sp³-hybridized carbons (Fsp3) is 0.125. The molecule has 0 saturated heterocycles. The van der Waals surface area contributed by atoms with Gasteiger partial charge in [-0.15, -0.1) is 0 Å². The van der Waals surface area contributed by atoms with E-state index in [1.165, 1.54) is 25.1 Å². The summed E-state index contributed by atoms with van der Waals surface area (Å²) in [4.78, 5) is 23.4. The highest BCUT2D eigenvalue weighted by Gasteiger charge is 2.14. The number of ether oxygens (including phenoxy) is 1. The Morgan fingerprint density at radius 3 is 2.33 bits per heavy atom. The third-order valence-electron chi connectivity index (χ3n) is 2.91. The molecule has 0 radical (unpaired) electrons. The number of ketones is 1. The molecular weight excluding hydrogens is 270 g/mol. The van der Waals surface area contributed by atoms with Crippen molar-refractivity contribution in [3.63, 3.8) is 0 Å². The van der Waals surface area contributed by atoms with Gasteiger partial charge >= 0.3 is 0 Å². The standard InChI is InChI=1S/C16H15NO4/c1-10(18)17-12-5-8-15(19)14(9-12)16(20)11-3-6-13(21-2)7-4-11/h3-9,19H,1-2H3,(H,17,18). The summed E-state index contributed by atoms with van der Waals surface area (Å²) in [6.07, 6.45) is 0. The molecule has 108 valence electrons. The van der Waals surface area contributed by atoms with Gasteiger partial charge in [-0.3, -0.25) is 9.59 Å². The number of anilines is 1. The van der Waals surface area contributed by atoms with Crippen molar-refractivity contribution in [3.8, 4) is 11.5 Å². The summed E-state index contributed by atoms with van der Waals surface area (Å²) in [6, 6.07) is 10.9.